The van der Waals surface area contributed by atoms with E-state index in [0.717, 1.165) is 24.8 Å². The first-order chi connectivity index (χ1) is 11.1. The van der Waals surface area contributed by atoms with Gasteiger partial charge >= 0.3 is 5.97 Å². The number of aryl methyl sites for hydroxylation is 1. The quantitative estimate of drug-likeness (QED) is 0.812. The molecular weight excluding hydrogens is 296 g/mol. The van der Waals surface area contributed by atoms with E-state index in [2.05, 4.69) is 16.7 Å². The average Bonchev–Trinajstić information content (AvgIpc) is 2.99. The molecule has 2 atom stereocenters. The van der Waals surface area contributed by atoms with E-state index in [1.807, 2.05) is 18.2 Å². The van der Waals surface area contributed by atoms with Crippen LogP contribution in [0.15, 0.2) is 24.3 Å². The Balaban J connectivity index is 1.50. The SMILES string of the molecule is O=C(COC(=O)[C@H]1CCC(=O)N1)N[C@H]1CCCc2ccccc21. The van der Waals surface area contributed by atoms with Crippen LogP contribution in [0.5, 0.6) is 0 Å². The van der Waals surface area contributed by atoms with Crippen LogP contribution in [0.1, 0.15) is 42.9 Å². The second kappa shape index (κ2) is 6.81. The third-order valence-corrected chi connectivity index (χ3v) is 4.33. The summed E-state index contributed by atoms with van der Waals surface area (Å²) < 4.78 is 5.00. The van der Waals surface area contributed by atoms with Crippen molar-refractivity contribution in [3.8, 4) is 0 Å². The number of rotatable bonds is 4. The summed E-state index contributed by atoms with van der Waals surface area (Å²) in [5, 5.41) is 5.45. The van der Waals surface area contributed by atoms with Crippen LogP contribution in [0.25, 0.3) is 0 Å². The predicted molar refractivity (Wildman–Crippen MR) is 82.4 cm³/mol. The normalized spacial score (nSPS) is 22.9. The number of amides is 2. The van der Waals surface area contributed by atoms with Crippen LogP contribution in [-0.4, -0.2) is 30.4 Å². The summed E-state index contributed by atoms with van der Waals surface area (Å²) in [5.74, 6) is -1.02. The highest BCUT2D eigenvalue weighted by molar-refractivity contribution is 5.89. The monoisotopic (exact) mass is 316 g/mol. The van der Waals surface area contributed by atoms with Crippen LogP contribution in [0.2, 0.25) is 0 Å². The molecule has 2 aliphatic rings. The van der Waals surface area contributed by atoms with E-state index in [1.54, 1.807) is 0 Å². The van der Waals surface area contributed by atoms with Crippen LogP contribution < -0.4 is 10.6 Å². The van der Waals surface area contributed by atoms with Gasteiger partial charge in [0.15, 0.2) is 6.61 Å². The minimum Gasteiger partial charge on any atom is -0.454 e. The van der Waals surface area contributed by atoms with E-state index in [1.165, 1.54) is 5.56 Å². The molecule has 2 N–H and O–H groups in total. The average molecular weight is 316 g/mol. The van der Waals surface area contributed by atoms with Crippen molar-refractivity contribution < 1.29 is 19.1 Å². The molecule has 0 saturated carbocycles. The van der Waals surface area contributed by atoms with Gasteiger partial charge in [-0.15, -0.1) is 0 Å². The molecule has 122 valence electrons. The summed E-state index contributed by atoms with van der Waals surface area (Å²) in [5.41, 5.74) is 2.40. The lowest BCUT2D eigenvalue weighted by atomic mass is 9.88. The number of nitrogens with one attached hydrogen (secondary N) is 2. The number of hydrogen-bond donors (Lipinski definition) is 2. The summed E-state index contributed by atoms with van der Waals surface area (Å²) in [6.45, 7) is -0.316. The maximum atomic E-state index is 12.0. The first-order valence-electron chi connectivity index (χ1n) is 7.96. The first kappa shape index (κ1) is 15.5. The van der Waals surface area contributed by atoms with E-state index >= 15 is 0 Å². The topological polar surface area (TPSA) is 84.5 Å². The largest absolute Gasteiger partial charge is 0.454 e. The number of esters is 1. The molecule has 1 aliphatic heterocycles. The third-order valence-electron chi connectivity index (χ3n) is 4.33. The Morgan fingerprint density at radius 1 is 1.22 bits per heavy atom. The Labute approximate surface area is 134 Å². The van der Waals surface area contributed by atoms with Crippen molar-refractivity contribution in [1.82, 2.24) is 10.6 Å². The van der Waals surface area contributed by atoms with Gasteiger partial charge in [-0.3, -0.25) is 9.59 Å². The van der Waals surface area contributed by atoms with Crippen molar-refractivity contribution in [3.05, 3.63) is 35.4 Å². The molecule has 0 spiro atoms. The van der Waals surface area contributed by atoms with Crippen molar-refractivity contribution in [2.24, 2.45) is 0 Å². The molecule has 1 fully saturated rings. The maximum absolute atomic E-state index is 12.0. The van der Waals surface area contributed by atoms with Gasteiger partial charge in [0.1, 0.15) is 6.04 Å². The second-order valence-electron chi connectivity index (χ2n) is 5.98. The number of carbonyl (C=O) groups is 3. The summed E-state index contributed by atoms with van der Waals surface area (Å²) in [6.07, 6.45) is 3.68. The fraction of sp³-hybridized carbons (Fsp3) is 0.471. The van der Waals surface area contributed by atoms with Gasteiger partial charge in [0.05, 0.1) is 6.04 Å². The molecule has 0 bridgehead atoms. The number of fused-ring (bicyclic) bond motifs is 1. The van der Waals surface area contributed by atoms with E-state index in [-0.39, 0.29) is 24.5 Å². The summed E-state index contributed by atoms with van der Waals surface area (Å²) in [6, 6.07) is 7.42. The van der Waals surface area contributed by atoms with Crippen molar-refractivity contribution in [1.29, 1.82) is 0 Å². The van der Waals surface area contributed by atoms with Crippen molar-refractivity contribution >= 4 is 17.8 Å². The smallest absolute Gasteiger partial charge is 0.329 e. The fourth-order valence-corrected chi connectivity index (χ4v) is 3.17. The Kier molecular flexibility index (Phi) is 4.60. The van der Waals surface area contributed by atoms with Gasteiger partial charge in [-0.1, -0.05) is 24.3 Å². The molecule has 1 aromatic rings. The molecule has 1 aromatic carbocycles. The first-order valence-corrected chi connectivity index (χ1v) is 7.96. The Bertz CT molecular complexity index is 629. The second-order valence-corrected chi connectivity index (χ2v) is 5.98. The van der Waals surface area contributed by atoms with Gasteiger partial charge in [-0.05, 0) is 36.8 Å². The standard InChI is InChI=1S/C17H20N2O4/c20-15-9-8-14(19-15)17(22)23-10-16(21)18-13-7-3-5-11-4-1-2-6-12(11)13/h1-2,4,6,13-14H,3,5,7-10H2,(H,18,21)(H,19,20)/t13-,14+/m0/s1. The minimum atomic E-state index is -0.620. The molecule has 0 unspecified atom stereocenters. The summed E-state index contributed by atoms with van der Waals surface area (Å²) >= 11 is 0. The minimum absolute atomic E-state index is 0.0302. The van der Waals surface area contributed by atoms with Crippen LogP contribution in [0.3, 0.4) is 0 Å². The molecule has 1 heterocycles. The lowest BCUT2D eigenvalue weighted by molar-refractivity contribution is -0.150. The zero-order valence-electron chi connectivity index (χ0n) is 12.8. The number of hydrogen-bond acceptors (Lipinski definition) is 4. The number of ether oxygens (including phenoxy) is 1. The van der Waals surface area contributed by atoms with Crippen LogP contribution in [0, 0.1) is 0 Å². The summed E-state index contributed by atoms with van der Waals surface area (Å²) in [7, 11) is 0. The van der Waals surface area contributed by atoms with Gasteiger partial charge in [0.25, 0.3) is 5.91 Å². The Morgan fingerprint density at radius 3 is 2.83 bits per heavy atom. The van der Waals surface area contributed by atoms with E-state index in [0.29, 0.717) is 12.8 Å². The van der Waals surface area contributed by atoms with Crippen LogP contribution in [-0.2, 0) is 25.5 Å². The van der Waals surface area contributed by atoms with Gasteiger partial charge in [-0.2, -0.15) is 0 Å². The zero-order chi connectivity index (χ0) is 16.2. The molecule has 23 heavy (non-hydrogen) atoms. The highest BCUT2D eigenvalue weighted by atomic mass is 16.5. The van der Waals surface area contributed by atoms with E-state index < -0.39 is 12.0 Å². The third kappa shape index (κ3) is 3.70. The lowest BCUT2D eigenvalue weighted by Crippen LogP contribution is -2.38. The van der Waals surface area contributed by atoms with Gasteiger partial charge in [0, 0.05) is 6.42 Å². The number of carbonyl (C=O) groups excluding carboxylic acids is 3. The molecular formula is C17H20N2O4. The maximum Gasteiger partial charge on any atom is 0.329 e. The van der Waals surface area contributed by atoms with Gasteiger partial charge < -0.3 is 15.4 Å². The zero-order valence-corrected chi connectivity index (χ0v) is 12.8. The molecule has 1 aliphatic carbocycles. The molecule has 1 saturated heterocycles. The molecule has 3 rings (SSSR count). The van der Waals surface area contributed by atoms with Crippen LogP contribution in [0.4, 0.5) is 0 Å². The molecule has 0 radical (unpaired) electrons. The van der Waals surface area contributed by atoms with Gasteiger partial charge in [-0.25, -0.2) is 4.79 Å². The number of benzene rings is 1. The highest BCUT2D eigenvalue weighted by Gasteiger charge is 2.29. The molecule has 2 amide bonds. The van der Waals surface area contributed by atoms with Gasteiger partial charge in [0.2, 0.25) is 5.91 Å². The lowest BCUT2D eigenvalue weighted by Gasteiger charge is -2.26. The Hall–Kier alpha value is -2.37. The van der Waals surface area contributed by atoms with Crippen molar-refractivity contribution in [2.45, 2.75) is 44.2 Å². The predicted octanol–water partition coefficient (Wildman–Crippen LogP) is 1.00. The highest BCUT2D eigenvalue weighted by Crippen LogP contribution is 2.29. The van der Waals surface area contributed by atoms with Crippen molar-refractivity contribution in [3.63, 3.8) is 0 Å². The molecule has 0 aromatic heterocycles. The van der Waals surface area contributed by atoms with Crippen LogP contribution >= 0.6 is 0 Å². The van der Waals surface area contributed by atoms with Crippen molar-refractivity contribution in [2.75, 3.05) is 6.61 Å². The Morgan fingerprint density at radius 2 is 2.04 bits per heavy atom. The molecule has 6 nitrogen and oxygen atoms in total. The summed E-state index contributed by atoms with van der Waals surface area (Å²) in [4.78, 5) is 34.9. The van der Waals surface area contributed by atoms with E-state index in [4.69, 9.17) is 4.74 Å². The molecule has 6 heteroatoms. The van der Waals surface area contributed by atoms with E-state index in [9.17, 15) is 14.4 Å². The fourth-order valence-electron chi connectivity index (χ4n) is 3.17.